The average Bonchev–Trinajstić information content (AvgIpc) is 3.08. The molecule has 1 saturated heterocycles. The first-order valence-corrected chi connectivity index (χ1v) is 6.52. The van der Waals surface area contributed by atoms with Crippen LogP contribution in [-0.4, -0.2) is 48.4 Å². The van der Waals surface area contributed by atoms with Gasteiger partial charge < -0.3 is 15.5 Å². The van der Waals surface area contributed by atoms with Gasteiger partial charge in [0.05, 0.1) is 12.6 Å². The Morgan fingerprint density at radius 1 is 1.41 bits per heavy atom. The second-order valence-electron chi connectivity index (χ2n) is 4.85. The molecule has 0 aromatic rings. The van der Waals surface area contributed by atoms with E-state index in [2.05, 4.69) is 10.6 Å². The van der Waals surface area contributed by atoms with Gasteiger partial charge in [-0.3, -0.25) is 9.59 Å². The first-order valence-electron chi connectivity index (χ1n) is 6.52. The van der Waals surface area contributed by atoms with Crippen molar-refractivity contribution < 1.29 is 9.59 Å². The lowest BCUT2D eigenvalue weighted by Gasteiger charge is -2.32. The normalized spacial score (nSPS) is 24.9. The number of hydrogen-bond acceptors (Lipinski definition) is 3. The lowest BCUT2D eigenvalue weighted by atomic mass is 10.0. The number of carbonyl (C=O) groups excluding carboxylic acids is 2. The highest BCUT2D eigenvalue weighted by atomic mass is 16.2. The minimum absolute atomic E-state index is 0.0157. The van der Waals surface area contributed by atoms with E-state index in [0.717, 1.165) is 32.2 Å². The number of rotatable bonds is 5. The molecule has 5 heteroatoms. The quantitative estimate of drug-likeness (QED) is 0.702. The van der Waals surface area contributed by atoms with Gasteiger partial charge in [0.25, 0.3) is 0 Å². The van der Waals surface area contributed by atoms with Crippen molar-refractivity contribution in [2.45, 2.75) is 44.7 Å². The Hall–Kier alpha value is -1.10. The number of likely N-dealkylation sites (N-methyl/N-ethyl adjacent to an activating group) is 1. The van der Waals surface area contributed by atoms with Crippen LogP contribution in [0.5, 0.6) is 0 Å². The van der Waals surface area contributed by atoms with Crippen LogP contribution in [0.4, 0.5) is 0 Å². The topological polar surface area (TPSA) is 61.4 Å². The SMILES string of the molecule is CCNC1CCCN(CC(=O)NC2CC2)C1=O. The van der Waals surface area contributed by atoms with Crippen molar-refractivity contribution in [3.8, 4) is 0 Å². The zero-order valence-corrected chi connectivity index (χ0v) is 10.4. The maximum absolute atomic E-state index is 12.0. The van der Waals surface area contributed by atoms with Crippen LogP contribution in [0.3, 0.4) is 0 Å². The Balaban J connectivity index is 1.81. The molecule has 2 aliphatic rings. The van der Waals surface area contributed by atoms with Crippen molar-refractivity contribution >= 4 is 11.8 Å². The third kappa shape index (κ3) is 3.43. The van der Waals surface area contributed by atoms with Gasteiger partial charge >= 0.3 is 0 Å². The van der Waals surface area contributed by atoms with E-state index in [4.69, 9.17) is 0 Å². The summed E-state index contributed by atoms with van der Waals surface area (Å²) in [6, 6.07) is 0.273. The Labute approximate surface area is 102 Å². The molecule has 0 bridgehead atoms. The predicted molar refractivity (Wildman–Crippen MR) is 64.4 cm³/mol. The van der Waals surface area contributed by atoms with Gasteiger partial charge in [-0.25, -0.2) is 0 Å². The maximum Gasteiger partial charge on any atom is 0.240 e. The van der Waals surface area contributed by atoms with Crippen molar-refractivity contribution in [3.63, 3.8) is 0 Å². The van der Waals surface area contributed by atoms with Crippen LogP contribution in [0, 0.1) is 0 Å². The molecule has 1 unspecified atom stereocenters. The van der Waals surface area contributed by atoms with E-state index in [1.165, 1.54) is 0 Å². The van der Waals surface area contributed by atoms with Crippen LogP contribution in [0.15, 0.2) is 0 Å². The Morgan fingerprint density at radius 3 is 2.82 bits per heavy atom. The number of piperidine rings is 1. The molecule has 2 amide bonds. The van der Waals surface area contributed by atoms with Gasteiger partial charge in [0, 0.05) is 12.6 Å². The van der Waals surface area contributed by atoms with E-state index >= 15 is 0 Å². The van der Waals surface area contributed by atoms with Gasteiger partial charge in [0.15, 0.2) is 0 Å². The van der Waals surface area contributed by atoms with E-state index in [1.54, 1.807) is 4.90 Å². The van der Waals surface area contributed by atoms with E-state index < -0.39 is 0 Å². The third-order valence-corrected chi connectivity index (χ3v) is 3.26. The molecule has 1 aliphatic heterocycles. The molecule has 2 rings (SSSR count). The van der Waals surface area contributed by atoms with E-state index in [-0.39, 0.29) is 24.4 Å². The van der Waals surface area contributed by atoms with Crippen LogP contribution in [0.2, 0.25) is 0 Å². The molecule has 17 heavy (non-hydrogen) atoms. The maximum atomic E-state index is 12.0. The second kappa shape index (κ2) is 5.49. The summed E-state index contributed by atoms with van der Waals surface area (Å²) in [6.45, 7) is 3.71. The lowest BCUT2D eigenvalue weighted by molar-refractivity contribution is -0.140. The van der Waals surface area contributed by atoms with Crippen LogP contribution in [0.1, 0.15) is 32.6 Å². The van der Waals surface area contributed by atoms with Gasteiger partial charge in [-0.2, -0.15) is 0 Å². The Bertz CT molecular complexity index is 300. The molecule has 96 valence electrons. The van der Waals surface area contributed by atoms with Crippen LogP contribution in [0.25, 0.3) is 0 Å². The lowest BCUT2D eigenvalue weighted by Crippen LogP contribution is -2.53. The molecule has 2 N–H and O–H groups in total. The molecule has 1 atom stereocenters. The molecule has 0 aromatic heterocycles. The zero-order chi connectivity index (χ0) is 12.3. The molecule has 0 radical (unpaired) electrons. The van der Waals surface area contributed by atoms with Crippen molar-refractivity contribution in [2.75, 3.05) is 19.6 Å². The summed E-state index contributed by atoms with van der Waals surface area (Å²) in [4.78, 5) is 25.4. The fraction of sp³-hybridized carbons (Fsp3) is 0.833. The van der Waals surface area contributed by atoms with Crippen molar-refractivity contribution in [3.05, 3.63) is 0 Å². The molecular formula is C12H21N3O2. The smallest absolute Gasteiger partial charge is 0.240 e. The minimum atomic E-state index is -0.0949. The fourth-order valence-electron chi connectivity index (χ4n) is 2.21. The molecule has 2 fully saturated rings. The summed E-state index contributed by atoms with van der Waals surface area (Å²) >= 11 is 0. The van der Waals surface area contributed by atoms with Crippen molar-refractivity contribution in [1.82, 2.24) is 15.5 Å². The van der Waals surface area contributed by atoms with Gasteiger partial charge in [-0.05, 0) is 32.2 Å². The third-order valence-electron chi connectivity index (χ3n) is 3.26. The summed E-state index contributed by atoms with van der Waals surface area (Å²) in [5, 5.41) is 6.08. The molecular weight excluding hydrogens is 218 g/mol. The second-order valence-corrected chi connectivity index (χ2v) is 4.85. The predicted octanol–water partition coefficient (Wildman–Crippen LogP) is -0.134. The number of carbonyl (C=O) groups is 2. The molecule has 1 saturated carbocycles. The van der Waals surface area contributed by atoms with Crippen LogP contribution < -0.4 is 10.6 Å². The van der Waals surface area contributed by atoms with E-state index in [0.29, 0.717) is 12.6 Å². The number of nitrogens with one attached hydrogen (secondary N) is 2. The average molecular weight is 239 g/mol. The monoisotopic (exact) mass is 239 g/mol. The standard InChI is InChI=1S/C12H21N3O2/c1-2-13-10-4-3-7-15(12(10)17)8-11(16)14-9-5-6-9/h9-10,13H,2-8H2,1H3,(H,14,16). The first kappa shape index (κ1) is 12.4. The Kier molecular flexibility index (Phi) is 3.99. The molecule has 5 nitrogen and oxygen atoms in total. The van der Waals surface area contributed by atoms with E-state index in [9.17, 15) is 9.59 Å². The Morgan fingerprint density at radius 2 is 2.18 bits per heavy atom. The minimum Gasteiger partial charge on any atom is -0.352 e. The highest BCUT2D eigenvalue weighted by Gasteiger charge is 2.30. The van der Waals surface area contributed by atoms with Gasteiger partial charge in [0.1, 0.15) is 0 Å². The molecule has 1 heterocycles. The number of likely N-dealkylation sites (tertiary alicyclic amines) is 1. The number of nitrogens with zero attached hydrogens (tertiary/aromatic N) is 1. The van der Waals surface area contributed by atoms with Gasteiger partial charge in [-0.1, -0.05) is 6.92 Å². The highest BCUT2D eigenvalue weighted by Crippen LogP contribution is 2.18. The first-order chi connectivity index (χ1) is 8.20. The van der Waals surface area contributed by atoms with Crippen molar-refractivity contribution in [1.29, 1.82) is 0 Å². The van der Waals surface area contributed by atoms with E-state index in [1.807, 2.05) is 6.92 Å². The van der Waals surface area contributed by atoms with Gasteiger partial charge in [-0.15, -0.1) is 0 Å². The summed E-state index contributed by atoms with van der Waals surface area (Å²) in [6.07, 6.45) is 4.02. The number of amides is 2. The summed E-state index contributed by atoms with van der Waals surface area (Å²) in [5.74, 6) is 0.0574. The molecule has 1 aliphatic carbocycles. The largest absolute Gasteiger partial charge is 0.352 e. The highest BCUT2D eigenvalue weighted by molar-refractivity contribution is 5.88. The van der Waals surface area contributed by atoms with Crippen LogP contribution >= 0.6 is 0 Å². The molecule has 0 aromatic carbocycles. The fourth-order valence-corrected chi connectivity index (χ4v) is 2.21. The number of hydrogen-bond donors (Lipinski definition) is 2. The zero-order valence-electron chi connectivity index (χ0n) is 10.4. The van der Waals surface area contributed by atoms with Crippen LogP contribution in [-0.2, 0) is 9.59 Å². The summed E-state index contributed by atoms with van der Waals surface area (Å²) in [7, 11) is 0. The summed E-state index contributed by atoms with van der Waals surface area (Å²) in [5.41, 5.74) is 0. The van der Waals surface area contributed by atoms with Gasteiger partial charge in [0.2, 0.25) is 11.8 Å². The van der Waals surface area contributed by atoms with Crippen molar-refractivity contribution in [2.24, 2.45) is 0 Å². The summed E-state index contributed by atoms with van der Waals surface area (Å²) < 4.78 is 0. The molecule has 0 spiro atoms.